The van der Waals surface area contributed by atoms with Crippen molar-refractivity contribution in [1.29, 1.82) is 0 Å². The van der Waals surface area contributed by atoms with Gasteiger partial charge in [-0.2, -0.15) is 0 Å². The van der Waals surface area contributed by atoms with Crippen LogP contribution < -0.4 is 0 Å². The Bertz CT molecular complexity index is 284. The summed E-state index contributed by atoms with van der Waals surface area (Å²) in [4.78, 5) is 13.9. The second-order valence-electron chi connectivity index (χ2n) is 5.54. The Labute approximate surface area is 121 Å². The van der Waals surface area contributed by atoms with Crippen molar-refractivity contribution in [2.24, 2.45) is 0 Å². The van der Waals surface area contributed by atoms with Crippen LogP contribution in [-0.2, 0) is 19.0 Å². The fourth-order valence-electron chi connectivity index (χ4n) is 2.82. The van der Waals surface area contributed by atoms with Crippen molar-refractivity contribution in [2.45, 2.75) is 51.2 Å². The lowest BCUT2D eigenvalue weighted by Crippen LogP contribution is -2.42. The number of nitrogens with zero attached hydrogens (tertiary/aromatic N) is 1. The molecule has 2 rings (SSSR count). The van der Waals surface area contributed by atoms with Crippen molar-refractivity contribution >= 4 is 5.91 Å². The van der Waals surface area contributed by atoms with Crippen LogP contribution in [-0.4, -0.2) is 62.5 Å². The van der Waals surface area contributed by atoms with Gasteiger partial charge < -0.3 is 19.1 Å². The maximum atomic E-state index is 12.0. The number of piperidine rings is 1. The third-order valence-electron chi connectivity index (χ3n) is 4.00. The smallest absolute Gasteiger partial charge is 0.248 e. The average molecular weight is 285 g/mol. The standard InChI is InChI=1S/C15H27NO4/c1-2-19-13-6-8-16(9-7-13)15(17)12-18-11-14-5-3-4-10-20-14/h13-14H,2-12H2,1H3. The Morgan fingerprint density at radius 2 is 2.05 bits per heavy atom. The molecule has 0 aromatic rings. The van der Waals surface area contributed by atoms with Crippen molar-refractivity contribution in [1.82, 2.24) is 4.90 Å². The monoisotopic (exact) mass is 285 g/mol. The van der Waals surface area contributed by atoms with E-state index in [0.717, 1.165) is 52.0 Å². The normalized spacial score (nSPS) is 24.9. The first kappa shape index (κ1) is 15.7. The lowest BCUT2D eigenvalue weighted by Gasteiger charge is -2.32. The van der Waals surface area contributed by atoms with Crippen LogP contribution in [0.15, 0.2) is 0 Å². The van der Waals surface area contributed by atoms with Crippen molar-refractivity contribution in [3.63, 3.8) is 0 Å². The summed E-state index contributed by atoms with van der Waals surface area (Å²) in [6.45, 7) is 5.88. The van der Waals surface area contributed by atoms with Crippen LogP contribution in [0, 0.1) is 0 Å². The SMILES string of the molecule is CCOC1CCN(C(=O)COCC2CCCCO2)CC1. The average Bonchev–Trinajstić information content (AvgIpc) is 2.49. The van der Waals surface area contributed by atoms with E-state index in [2.05, 4.69) is 0 Å². The van der Waals surface area contributed by atoms with Crippen LogP contribution in [0.1, 0.15) is 39.0 Å². The summed E-state index contributed by atoms with van der Waals surface area (Å²) in [6.07, 6.45) is 5.77. The van der Waals surface area contributed by atoms with Crippen LogP contribution in [0.25, 0.3) is 0 Å². The topological polar surface area (TPSA) is 48.0 Å². The number of hydrogen-bond donors (Lipinski definition) is 0. The number of hydrogen-bond acceptors (Lipinski definition) is 4. The maximum Gasteiger partial charge on any atom is 0.248 e. The molecule has 0 spiro atoms. The van der Waals surface area contributed by atoms with Gasteiger partial charge in [0.25, 0.3) is 0 Å². The number of ether oxygens (including phenoxy) is 3. The van der Waals surface area contributed by atoms with E-state index in [-0.39, 0.29) is 18.6 Å². The summed E-state index contributed by atoms with van der Waals surface area (Å²) in [5, 5.41) is 0. The van der Waals surface area contributed by atoms with E-state index in [1.165, 1.54) is 6.42 Å². The third-order valence-corrected chi connectivity index (χ3v) is 4.00. The minimum atomic E-state index is 0.0933. The van der Waals surface area contributed by atoms with Crippen LogP contribution in [0.2, 0.25) is 0 Å². The van der Waals surface area contributed by atoms with Gasteiger partial charge in [0.05, 0.1) is 18.8 Å². The fraction of sp³-hybridized carbons (Fsp3) is 0.933. The van der Waals surface area contributed by atoms with Gasteiger partial charge in [-0.15, -0.1) is 0 Å². The summed E-state index contributed by atoms with van der Waals surface area (Å²) in [5.41, 5.74) is 0. The van der Waals surface area contributed by atoms with E-state index in [4.69, 9.17) is 14.2 Å². The molecular formula is C15H27NO4. The van der Waals surface area contributed by atoms with E-state index in [1.54, 1.807) is 0 Å². The molecule has 2 aliphatic heterocycles. The van der Waals surface area contributed by atoms with Gasteiger partial charge in [0, 0.05) is 26.3 Å². The number of rotatable bonds is 6. The van der Waals surface area contributed by atoms with Gasteiger partial charge in [-0.05, 0) is 39.0 Å². The Balaban J connectivity index is 1.58. The molecule has 1 unspecified atom stereocenters. The summed E-state index contributed by atoms with van der Waals surface area (Å²) < 4.78 is 16.7. The molecule has 0 saturated carbocycles. The lowest BCUT2D eigenvalue weighted by atomic mass is 10.1. The highest BCUT2D eigenvalue weighted by Gasteiger charge is 2.23. The minimum Gasteiger partial charge on any atom is -0.378 e. The molecule has 1 amide bonds. The number of likely N-dealkylation sites (tertiary alicyclic amines) is 1. The van der Waals surface area contributed by atoms with Crippen LogP contribution in [0.5, 0.6) is 0 Å². The molecular weight excluding hydrogens is 258 g/mol. The van der Waals surface area contributed by atoms with Crippen LogP contribution in [0.4, 0.5) is 0 Å². The zero-order valence-electron chi connectivity index (χ0n) is 12.5. The molecule has 5 nitrogen and oxygen atoms in total. The molecule has 0 N–H and O–H groups in total. The van der Waals surface area contributed by atoms with Crippen molar-refractivity contribution in [3.05, 3.63) is 0 Å². The number of amides is 1. The molecule has 2 heterocycles. The Morgan fingerprint density at radius 1 is 1.25 bits per heavy atom. The minimum absolute atomic E-state index is 0.0933. The van der Waals surface area contributed by atoms with Gasteiger partial charge in [0.1, 0.15) is 6.61 Å². The second kappa shape index (κ2) is 8.60. The molecule has 1 atom stereocenters. The predicted molar refractivity (Wildman–Crippen MR) is 75.6 cm³/mol. The van der Waals surface area contributed by atoms with E-state index < -0.39 is 0 Å². The maximum absolute atomic E-state index is 12.0. The highest BCUT2D eigenvalue weighted by Crippen LogP contribution is 2.15. The summed E-state index contributed by atoms with van der Waals surface area (Å²) in [7, 11) is 0. The van der Waals surface area contributed by atoms with Crippen LogP contribution >= 0.6 is 0 Å². The molecule has 2 saturated heterocycles. The van der Waals surface area contributed by atoms with Crippen molar-refractivity contribution in [2.75, 3.05) is 39.5 Å². The van der Waals surface area contributed by atoms with Crippen LogP contribution in [0.3, 0.4) is 0 Å². The quantitative estimate of drug-likeness (QED) is 0.744. The summed E-state index contributed by atoms with van der Waals surface area (Å²) in [6, 6.07) is 0. The van der Waals surface area contributed by atoms with E-state index in [9.17, 15) is 4.79 Å². The van der Waals surface area contributed by atoms with Gasteiger partial charge in [-0.25, -0.2) is 0 Å². The van der Waals surface area contributed by atoms with Gasteiger partial charge in [-0.1, -0.05) is 0 Å². The molecule has 5 heteroatoms. The molecule has 116 valence electrons. The fourth-order valence-corrected chi connectivity index (χ4v) is 2.82. The molecule has 2 fully saturated rings. The first-order chi connectivity index (χ1) is 9.79. The van der Waals surface area contributed by atoms with Gasteiger partial charge >= 0.3 is 0 Å². The zero-order chi connectivity index (χ0) is 14.2. The van der Waals surface area contributed by atoms with Crippen molar-refractivity contribution in [3.8, 4) is 0 Å². The second-order valence-corrected chi connectivity index (χ2v) is 5.54. The first-order valence-corrected chi connectivity index (χ1v) is 7.88. The highest BCUT2D eigenvalue weighted by atomic mass is 16.5. The Kier molecular flexibility index (Phi) is 6.76. The van der Waals surface area contributed by atoms with Crippen molar-refractivity contribution < 1.29 is 19.0 Å². The number of carbonyl (C=O) groups excluding carboxylic acids is 1. The van der Waals surface area contributed by atoms with Gasteiger partial charge in [0.15, 0.2) is 0 Å². The Hall–Kier alpha value is -0.650. The predicted octanol–water partition coefficient (Wildman–Crippen LogP) is 1.60. The summed E-state index contributed by atoms with van der Waals surface area (Å²) in [5.74, 6) is 0.0933. The molecule has 0 aromatic carbocycles. The first-order valence-electron chi connectivity index (χ1n) is 7.88. The molecule has 20 heavy (non-hydrogen) atoms. The third kappa shape index (κ3) is 5.04. The number of carbonyl (C=O) groups is 1. The molecule has 0 bridgehead atoms. The molecule has 0 aliphatic carbocycles. The molecule has 0 aromatic heterocycles. The van der Waals surface area contributed by atoms with Gasteiger partial charge in [0.2, 0.25) is 5.91 Å². The lowest BCUT2D eigenvalue weighted by molar-refractivity contribution is -0.140. The largest absolute Gasteiger partial charge is 0.378 e. The molecule has 0 radical (unpaired) electrons. The van der Waals surface area contributed by atoms with E-state index in [0.29, 0.717) is 12.7 Å². The summed E-state index contributed by atoms with van der Waals surface area (Å²) >= 11 is 0. The Morgan fingerprint density at radius 3 is 2.70 bits per heavy atom. The highest BCUT2D eigenvalue weighted by molar-refractivity contribution is 5.77. The van der Waals surface area contributed by atoms with E-state index in [1.807, 2.05) is 11.8 Å². The molecule has 2 aliphatic rings. The van der Waals surface area contributed by atoms with E-state index >= 15 is 0 Å². The zero-order valence-corrected chi connectivity index (χ0v) is 12.5. The van der Waals surface area contributed by atoms with Gasteiger partial charge in [-0.3, -0.25) is 4.79 Å².